The first kappa shape index (κ1) is 22.7. The Labute approximate surface area is 189 Å². The predicted molar refractivity (Wildman–Crippen MR) is 117 cm³/mol. The zero-order valence-corrected chi connectivity index (χ0v) is 18.7. The minimum absolute atomic E-state index is 0.117. The number of urea groups is 1. The number of nitrogens with zero attached hydrogens (tertiary/aromatic N) is 2. The third-order valence-corrected chi connectivity index (χ3v) is 5.21. The average Bonchev–Trinajstić information content (AvgIpc) is 2.74. The summed E-state index contributed by atoms with van der Waals surface area (Å²) in [5.74, 6) is -0.413. The van der Waals surface area contributed by atoms with Gasteiger partial charge in [0.25, 0.3) is 11.8 Å². The molecule has 1 aliphatic rings. The zero-order chi connectivity index (χ0) is 22.7. The molecule has 0 N–H and O–H groups in total. The molecule has 0 bridgehead atoms. The van der Waals surface area contributed by atoms with E-state index in [9.17, 15) is 14.4 Å². The van der Waals surface area contributed by atoms with Crippen molar-refractivity contribution >= 4 is 47.1 Å². The molecule has 9 heteroatoms. The number of likely N-dealkylation sites (N-methyl/N-ethyl adjacent to an activating group) is 2. The Balaban J connectivity index is 1.87. The number of halogens is 2. The smallest absolute Gasteiger partial charge is 0.333 e. The van der Waals surface area contributed by atoms with Crippen molar-refractivity contribution in [3.05, 3.63) is 63.1 Å². The van der Waals surface area contributed by atoms with Crippen LogP contribution in [0.25, 0.3) is 6.08 Å². The monoisotopic (exact) mass is 462 g/mol. The van der Waals surface area contributed by atoms with Crippen LogP contribution in [0.15, 0.2) is 42.0 Å². The second kappa shape index (κ2) is 9.41. The first-order chi connectivity index (χ1) is 14.7. The highest BCUT2D eigenvalue weighted by Gasteiger charge is 2.37. The standard InChI is InChI=1S/C22H20Cl2N2O5/c1-4-30-19-10-13(9-16-20(27)25(2)22(29)26(3)21(16)28)5-8-18(19)31-12-14-6-7-15(23)11-17(14)24/h5-11H,4,12H2,1-3H3. The van der Waals surface area contributed by atoms with Crippen LogP contribution in [0.3, 0.4) is 0 Å². The van der Waals surface area contributed by atoms with Crippen LogP contribution in [0.2, 0.25) is 10.0 Å². The van der Waals surface area contributed by atoms with Crippen molar-refractivity contribution in [2.24, 2.45) is 0 Å². The highest BCUT2D eigenvalue weighted by atomic mass is 35.5. The van der Waals surface area contributed by atoms with Gasteiger partial charge in [-0.1, -0.05) is 35.3 Å². The van der Waals surface area contributed by atoms with Gasteiger partial charge in [0.1, 0.15) is 12.2 Å². The van der Waals surface area contributed by atoms with E-state index in [0.29, 0.717) is 33.7 Å². The number of rotatable bonds is 6. The van der Waals surface area contributed by atoms with Gasteiger partial charge in [-0.3, -0.25) is 19.4 Å². The van der Waals surface area contributed by atoms with Crippen molar-refractivity contribution < 1.29 is 23.9 Å². The van der Waals surface area contributed by atoms with Crippen LogP contribution in [-0.2, 0) is 16.2 Å². The summed E-state index contributed by atoms with van der Waals surface area (Å²) < 4.78 is 11.5. The highest BCUT2D eigenvalue weighted by Crippen LogP contribution is 2.32. The maximum atomic E-state index is 12.4. The van der Waals surface area contributed by atoms with Gasteiger partial charge in [0, 0.05) is 29.7 Å². The van der Waals surface area contributed by atoms with E-state index in [1.54, 1.807) is 36.4 Å². The number of amides is 4. The Morgan fingerprint density at radius 1 is 0.903 bits per heavy atom. The molecule has 2 aromatic carbocycles. The van der Waals surface area contributed by atoms with E-state index < -0.39 is 17.8 Å². The molecule has 0 spiro atoms. The SMILES string of the molecule is CCOc1cc(C=C2C(=O)N(C)C(=O)N(C)C2=O)ccc1OCc1ccc(Cl)cc1Cl. The van der Waals surface area contributed by atoms with Crippen molar-refractivity contribution in [3.63, 3.8) is 0 Å². The van der Waals surface area contributed by atoms with Gasteiger partial charge < -0.3 is 9.47 Å². The number of benzene rings is 2. The first-order valence-corrected chi connectivity index (χ1v) is 10.1. The minimum atomic E-state index is -0.674. The normalized spacial score (nSPS) is 14.2. The molecule has 162 valence electrons. The van der Waals surface area contributed by atoms with Crippen LogP contribution in [0.5, 0.6) is 11.5 Å². The van der Waals surface area contributed by atoms with Gasteiger partial charge in [-0.05, 0) is 42.8 Å². The molecular weight excluding hydrogens is 443 g/mol. The summed E-state index contributed by atoms with van der Waals surface area (Å²) >= 11 is 12.1. The maximum absolute atomic E-state index is 12.4. The Bertz CT molecular complexity index is 1060. The second-order valence-corrected chi connectivity index (χ2v) is 7.58. The molecule has 1 heterocycles. The minimum Gasteiger partial charge on any atom is -0.490 e. The van der Waals surface area contributed by atoms with Crippen LogP contribution in [-0.4, -0.2) is 48.3 Å². The Hall–Kier alpha value is -3.03. The van der Waals surface area contributed by atoms with Crippen molar-refractivity contribution in [2.75, 3.05) is 20.7 Å². The summed E-state index contributed by atoms with van der Waals surface area (Å²) in [6, 6.07) is 9.49. The highest BCUT2D eigenvalue weighted by molar-refractivity contribution is 6.35. The Morgan fingerprint density at radius 2 is 1.58 bits per heavy atom. The molecular formula is C22H20Cl2N2O5. The predicted octanol–water partition coefficient (Wildman–Crippen LogP) is 4.40. The van der Waals surface area contributed by atoms with Crippen molar-refractivity contribution in [1.29, 1.82) is 0 Å². The number of carbonyl (C=O) groups excluding carboxylic acids is 3. The van der Waals surface area contributed by atoms with Gasteiger partial charge in [0.2, 0.25) is 0 Å². The number of hydrogen-bond acceptors (Lipinski definition) is 5. The molecule has 1 aliphatic heterocycles. The van der Waals surface area contributed by atoms with Crippen molar-refractivity contribution in [1.82, 2.24) is 9.80 Å². The lowest BCUT2D eigenvalue weighted by atomic mass is 10.1. The first-order valence-electron chi connectivity index (χ1n) is 9.38. The number of hydrogen-bond donors (Lipinski definition) is 0. The van der Waals surface area contributed by atoms with Crippen LogP contribution in [0.1, 0.15) is 18.1 Å². The summed E-state index contributed by atoms with van der Waals surface area (Å²) in [6.45, 7) is 2.41. The van der Waals surface area contributed by atoms with Gasteiger partial charge in [-0.2, -0.15) is 0 Å². The molecule has 1 saturated heterocycles. The van der Waals surface area contributed by atoms with Crippen molar-refractivity contribution in [2.45, 2.75) is 13.5 Å². The molecule has 2 aromatic rings. The quantitative estimate of drug-likeness (QED) is 0.469. The number of imide groups is 2. The molecule has 7 nitrogen and oxygen atoms in total. The molecule has 3 rings (SSSR count). The van der Waals surface area contributed by atoms with E-state index >= 15 is 0 Å². The summed E-state index contributed by atoms with van der Waals surface area (Å²) in [5, 5.41) is 1.02. The molecule has 0 radical (unpaired) electrons. The topological polar surface area (TPSA) is 76.2 Å². The molecule has 4 amide bonds. The van der Waals surface area contributed by atoms with Gasteiger partial charge >= 0.3 is 6.03 Å². The molecule has 0 atom stereocenters. The van der Waals surface area contributed by atoms with Gasteiger partial charge in [-0.25, -0.2) is 4.79 Å². The van der Waals surface area contributed by atoms with E-state index in [1.165, 1.54) is 20.2 Å². The summed E-state index contributed by atoms with van der Waals surface area (Å²) in [5.41, 5.74) is 1.19. The fraction of sp³-hybridized carbons (Fsp3) is 0.227. The third kappa shape index (κ3) is 4.84. The maximum Gasteiger partial charge on any atom is 0.333 e. The second-order valence-electron chi connectivity index (χ2n) is 6.73. The summed E-state index contributed by atoms with van der Waals surface area (Å²) in [6.07, 6.45) is 1.42. The molecule has 0 aliphatic carbocycles. The summed E-state index contributed by atoms with van der Waals surface area (Å²) in [7, 11) is 2.65. The fourth-order valence-electron chi connectivity index (χ4n) is 2.94. The molecule has 0 unspecified atom stereocenters. The van der Waals surface area contributed by atoms with E-state index in [2.05, 4.69) is 0 Å². The van der Waals surface area contributed by atoms with Crippen LogP contribution in [0.4, 0.5) is 4.79 Å². The lowest BCUT2D eigenvalue weighted by Crippen LogP contribution is -2.52. The fourth-order valence-corrected chi connectivity index (χ4v) is 3.40. The van der Waals surface area contributed by atoms with Gasteiger partial charge in [0.15, 0.2) is 11.5 Å². The zero-order valence-electron chi connectivity index (χ0n) is 17.1. The average molecular weight is 463 g/mol. The number of barbiturate groups is 1. The lowest BCUT2D eigenvalue weighted by molar-refractivity contribution is -0.134. The third-order valence-electron chi connectivity index (χ3n) is 4.62. The van der Waals surface area contributed by atoms with Crippen LogP contribution in [0, 0.1) is 0 Å². The van der Waals surface area contributed by atoms with Crippen LogP contribution >= 0.6 is 23.2 Å². The van der Waals surface area contributed by atoms with E-state index in [-0.39, 0.29) is 12.2 Å². The molecule has 0 aromatic heterocycles. The number of ether oxygens (including phenoxy) is 2. The lowest BCUT2D eigenvalue weighted by Gasteiger charge is -2.28. The largest absolute Gasteiger partial charge is 0.490 e. The van der Waals surface area contributed by atoms with E-state index in [4.69, 9.17) is 32.7 Å². The summed E-state index contributed by atoms with van der Waals surface area (Å²) in [4.78, 5) is 38.5. The molecule has 0 saturated carbocycles. The van der Waals surface area contributed by atoms with Crippen molar-refractivity contribution in [3.8, 4) is 11.5 Å². The van der Waals surface area contributed by atoms with E-state index in [1.807, 2.05) is 6.92 Å². The van der Waals surface area contributed by atoms with Crippen LogP contribution < -0.4 is 9.47 Å². The molecule has 31 heavy (non-hydrogen) atoms. The van der Waals surface area contributed by atoms with E-state index in [0.717, 1.165) is 15.4 Å². The number of carbonyl (C=O) groups is 3. The van der Waals surface area contributed by atoms with Gasteiger partial charge in [0.05, 0.1) is 6.61 Å². The van der Waals surface area contributed by atoms with Gasteiger partial charge in [-0.15, -0.1) is 0 Å². The molecule has 1 fully saturated rings. The Kier molecular flexibility index (Phi) is 6.87. The Morgan fingerprint density at radius 3 is 2.19 bits per heavy atom.